The van der Waals surface area contributed by atoms with Gasteiger partial charge < -0.3 is 14.7 Å². The highest BCUT2D eigenvalue weighted by molar-refractivity contribution is 6.31. The van der Waals surface area contributed by atoms with Crippen molar-refractivity contribution in [1.29, 1.82) is 0 Å². The predicted octanol–water partition coefficient (Wildman–Crippen LogP) is 2.26. The topological polar surface area (TPSA) is 76.7 Å². The molecule has 1 N–H and O–H groups in total. The van der Waals surface area contributed by atoms with Gasteiger partial charge in [0.1, 0.15) is 12.0 Å². The largest absolute Gasteiger partial charge is 0.387 e. The van der Waals surface area contributed by atoms with Gasteiger partial charge in [0, 0.05) is 11.8 Å². The summed E-state index contributed by atoms with van der Waals surface area (Å²) < 4.78 is 17.8. The van der Waals surface area contributed by atoms with Crippen molar-refractivity contribution in [2.75, 3.05) is 5.32 Å². The molecule has 1 amide bonds. The Labute approximate surface area is 114 Å². The van der Waals surface area contributed by atoms with Crippen LogP contribution in [0.3, 0.4) is 0 Å². The summed E-state index contributed by atoms with van der Waals surface area (Å²) in [7, 11) is 0. The summed E-state index contributed by atoms with van der Waals surface area (Å²) in [5.41, 5.74) is 1.07. The van der Waals surface area contributed by atoms with Crippen molar-refractivity contribution >= 4 is 17.8 Å². The molecule has 0 spiro atoms. The van der Waals surface area contributed by atoms with Crippen molar-refractivity contribution in [2.45, 2.75) is 13.5 Å². The minimum Gasteiger partial charge on any atom is -0.387 e. The zero-order valence-electron chi connectivity index (χ0n) is 10.7. The van der Waals surface area contributed by atoms with Gasteiger partial charge in [-0.3, -0.25) is 4.79 Å². The zero-order chi connectivity index (χ0) is 14.4. The van der Waals surface area contributed by atoms with Gasteiger partial charge in [-0.05, 0) is 25.1 Å². The minimum absolute atomic E-state index is 0.0740. The lowest BCUT2D eigenvalue weighted by Gasteiger charge is -2.00. The van der Waals surface area contributed by atoms with Gasteiger partial charge in [0.25, 0.3) is 5.91 Å². The fourth-order valence-electron chi connectivity index (χ4n) is 1.41. The molecule has 0 aliphatic heterocycles. The number of carbonyl (C=O) groups is 1. The van der Waals surface area contributed by atoms with E-state index in [4.69, 9.17) is 9.36 Å². The van der Waals surface area contributed by atoms with E-state index in [1.807, 2.05) is 0 Å². The van der Waals surface area contributed by atoms with Crippen LogP contribution >= 0.6 is 0 Å². The maximum Gasteiger partial charge on any atom is 0.270 e. The molecule has 0 unspecified atom stereocenters. The second kappa shape index (κ2) is 6.46. The zero-order valence-corrected chi connectivity index (χ0v) is 10.7. The molecule has 6 nitrogen and oxygen atoms in total. The number of rotatable bonds is 5. The summed E-state index contributed by atoms with van der Waals surface area (Å²) in [6.45, 7) is 1.85. The molecule has 1 aromatic heterocycles. The van der Waals surface area contributed by atoms with Crippen molar-refractivity contribution in [3.05, 3.63) is 47.6 Å². The molecule has 0 saturated carbocycles. The van der Waals surface area contributed by atoms with Gasteiger partial charge in [-0.1, -0.05) is 16.4 Å². The van der Waals surface area contributed by atoms with Crippen LogP contribution in [0.1, 0.15) is 11.5 Å². The highest BCUT2D eigenvalue weighted by atomic mass is 19.1. The molecule has 1 heterocycles. The second-order valence-corrected chi connectivity index (χ2v) is 3.94. The van der Waals surface area contributed by atoms with Gasteiger partial charge in [0.15, 0.2) is 12.4 Å². The maximum absolute atomic E-state index is 12.9. The molecular weight excluding hydrogens is 265 g/mol. The highest BCUT2D eigenvalue weighted by Gasteiger charge is 2.01. The molecule has 0 aliphatic rings. The Morgan fingerprint density at radius 2 is 2.40 bits per heavy atom. The Morgan fingerprint density at radius 3 is 3.10 bits per heavy atom. The molecule has 0 atom stereocenters. The Balaban J connectivity index is 1.78. The molecule has 0 fully saturated rings. The molecule has 0 bridgehead atoms. The average Bonchev–Trinajstić information content (AvgIpc) is 2.80. The summed E-state index contributed by atoms with van der Waals surface area (Å²) in [6, 6.07) is 7.23. The number of anilines is 1. The van der Waals surface area contributed by atoms with Crippen LogP contribution < -0.4 is 5.32 Å². The van der Waals surface area contributed by atoms with Crippen LogP contribution in [0.5, 0.6) is 0 Å². The number of amides is 1. The van der Waals surface area contributed by atoms with Crippen LogP contribution in [-0.2, 0) is 16.2 Å². The second-order valence-electron chi connectivity index (χ2n) is 3.94. The number of hydrogen-bond donors (Lipinski definition) is 1. The van der Waals surface area contributed by atoms with Crippen LogP contribution in [-0.4, -0.2) is 17.3 Å². The number of benzene rings is 1. The third-order valence-electron chi connectivity index (χ3n) is 2.22. The molecule has 1 aromatic carbocycles. The van der Waals surface area contributed by atoms with Gasteiger partial charge in [-0.25, -0.2) is 4.39 Å². The molecule has 2 aromatic rings. The fourth-order valence-corrected chi connectivity index (χ4v) is 1.41. The van der Waals surface area contributed by atoms with E-state index in [1.165, 1.54) is 18.2 Å². The number of nitrogens with one attached hydrogen (secondary N) is 1. The van der Waals surface area contributed by atoms with E-state index >= 15 is 0 Å². The Bertz CT molecular complexity index is 625. The smallest absolute Gasteiger partial charge is 0.270 e. The van der Waals surface area contributed by atoms with Crippen LogP contribution in [0.2, 0.25) is 0 Å². The number of aryl methyl sites for hydroxylation is 1. The van der Waals surface area contributed by atoms with Crippen LogP contribution in [0, 0.1) is 12.7 Å². The first-order valence-corrected chi connectivity index (χ1v) is 5.77. The summed E-state index contributed by atoms with van der Waals surface area (Å²) >= 11 is 0. The number of hydrogen-bond acceptors (Lipinski definition) is 5. The molecule has 20 heavy (non-hydrogen) atoms. The number of oxime groups is 1. The van der Waals surface area contributed by atoms with Crippen molar-refractivity contribution in [2.24, 2.45) is 5.16 Å². The molecule has 2 rings (SSSR count). The lowest BCUT2D eigenvalue weighted by molar-refractivity contribution is -0.110. The summed E-state index contributed by atoms with van der Waals surface area (Å²) in [5, 5.41) is 9.59. The summed E-state index contributed by atoms with van der Waals surface area (Å²) in [5.74, 6) is -0.453. The fraction of sp³-hybridized carbons (Fsp3) is 0.154. The van der Waals surface area contributed by atoms with E-state index in [0.717, 1.165) is 11.9 Å². The molecule has 7 heteroatoms. The predicted molar refractivity (Wildman–Crippen MR) is 69.6 cm³/mol. The van der Waals surface area contributed by atoms with Crippen molar-refractivity contribution in [3.63, 3.8) is 0 Å². The lowest BCUT2D eigenvalue weighted by atomic mass is 10.3. The van der Waals surface area contributed by atoms with E-state index in [0.29, 0.717) is 11.4 Å². The number of halogens is 1. The normalized spacial score (nSPS) is 10.7. The number of aromatic nitrogens is 1. The van der Waals surface area contributed by atoms with Gasteiger partial charge in [0.2, 0.25) is 0 Å². The van der Waals surface area contributed by atoms with Gasteiger partial charge >= 0.3 is 0 Å². The Morgan fingerprint density at radius 1 is 1.55 bits per heavy atom. The van der Waals surface area contributed by atoms with Gasteiger partial charge in [-0.2, -0.15) is 0 Å². The van der Waals surface area contributed by atoms with E-state index in [-0.39, 0.29) is 6.61 Å². The Kier molecular flexibility index (Phi) is 4.43. The van der Waals surface area contributed by atoms with Gasteiger partial charge in [-0.15, -0.1) is 0 Å². The van der Waals surface area contributed by atoms with Crippen LogP contribution in [0.4, 0.5) is 10.1 Å². The first-order valence-electron chi connectivity index (χ1n) is 5.77. The van der Waals surface area contributed by atoms with E-state index in [9.17, 15) is 9.18 Å². The lowest BCUT2D eigenvalue weighted by Crippen LogP contribution is -2.12. The number of nitrogens with zero attached hydrogens (tertiary/aromatic N) is 2. The van der Waals surface area contributed by atoms with Crippen LogP contribution in [0.15, 0.2) is 40.0 Å². The van der Waals surface area contributed by atoms with Crippen molar-refractivity contribution < 1.29 is 18.5 Å². The Hall–Kier alpha value is -2.70. The van der Waals surface area contributed by atoms with Gasteiger partial charge in [0.05, 0.1) is 5.69 Å². The van der Waals surface area contributed by atoms with E-state index in [1.54, 1.807) is 19.1 Å². The maximum atomic E-state index is 12.9. The third kappa shape index (κ3) is 4.20. The first-order chi connectivity index (χ1) is 9.63. The SMILES string of the molecule is Cc1cc(CON=CC(=O)Nc2cccc(F)c2)on1. The molecule has 0 saturated heterocycles. The van der Waals surface area contributed by atoms with E-state index in [2.05, 4.69) is 15.6 Å². The molecule has 104 valence electrons. The van der Waals surface area contributed by atoms with Crippen LogP contribution in [0.25, 0.3) is 0 Å². The molecule has 0 aliphatic carbocycles. The van der Waals surface area contributed by atoms with Crippen molar-refractivity contribution in [3.8, 4) is 0 Å². The third-order valence-corrected chi connectivity index (χ3v) is 2.22. The highest BCUT2D eigenvalue weighted by Crippen LogP contribution is 2.08. The quantitative estimate of drug-likeness (QED) is 0.671. The summed E-state index contributed by atoms with van der Waals surface area (Å²) in [6.07, 6.45) is 0.953. The average molecular weight is 277 g/mol. The minimum atomic E-state index is -0.524. The monoisotopic (exact) mass is 277 g/mol. The van der Waals surface area contributed by atoms with Crippen molar-refractivity contribution in [1.82, 2.24) is 5.16 Å². The first kappa shape index (κ1) is 13.7. The molecular formula is C13H12FN3O3. The number of carbonyl (C=O) groups excluding carboxylic acids is 1. The van der Waals surface area contributed by atoms with E-state index < -0.39 is 11.7 Å². The summed E-state index contributed by atoms with van der Waals surface area (Å²) in [4.78, 5) is 16.3. The molecule has 0 radical (unpaired) electrons. The standard InChI is InChI=1S/C13H12FN3O3/c1-9-5-12(20-17-9)8-19-15-7-13(18)16-11-4-2-3-10(14)6-11/h2-7H,8H2,1H3,(H,16,18).